The van der Waals surface area contributed by atoms with Crippen LogP contribution in [0.25, 0.3) is 0 Å². The van der Waals surface area contributed by atoms with Crippen molar-refractivity contribution in [2.75, 3.05) is 0 Å². The second-order valence-electron chi connectivity index (χ2n) is 3.24. The average molecular weight is 213 g/mol. The molecule has 80 valence electrons. The summed E-state index contributed by atoms with van der Waals surface area (Å²) in [4.78, 5) is 0. The van der Waals surface area contributed by atoms with Crippen LogP contribution < -0.4 is 0 Å². The number of rotatable bonds is 3. The molecule has 1 aromatic rings. The molecule has 1 rings (SSSR count). The Balaban J connectivity index is 0.000000791. The van der Waals surface area contributed by atoms with Crippen LogP contribution in [-0.2, 0) is 6.42 Å². The van der Waals surface area contributed by atoms with Crippen LogP contribution in [0.3, 0.4) is 0 Å². The van der Waals surface area contributed by atoms with Crippen molar-refractivity contribution in [3.05, 3.63) is 34.3 Å². The first kappa shape index (κ1) is 13.5. The lowest BCUT2D eigenvalue weighted by atomic mass is 10.1. The number of unbranched alkanes of at least 4 members (excludes halogenated alkanes) is 1. The van der Waals surface area contributed by atoms with Gasteiger partial charge in [0.15, 0.2) is 0 Å². The predicted molar refractivity (Wildman–Crippen MR) is 66.1 cm³/mol. The van der Waals surface area contributed by atoms with Crippen LogP contribution in [-0.4, -0.2) is 0 Å². The fourth-order valence-electron chi connectivity index (χ4n) is 1.34. The summed E-state index contributed by atoms with van der Waals surface area (Å²) in [6.07, 6.45) is 3.64. The van der Waals surface area contributed by atoms with Crippen molar-refractivity contribution < 1.29 is 0 Å². The SMILES string of the molecule is CC.CCCCc1cc(C)cc(Cl)c1. The molecule has 0 nitrogen and oxygen atoms in total. The quantitative estimate of drug-likeness (QED) is 0.660. The molecule has 0 amide bonds. The molecule has 0 heterocycles. The third kappa shape index (κ3) is 5.29. The van der Waals surface area contributed by atoms with Crippen LogP contribution in [0.5, 0.6) is 0 Å². The van der Waals surface area contributed by atoms with E-state index in [0.717, 1.165) is 11.4 Å². The summed E-state index contributed by atoms with van der Waals surface area (Å²) in [7, 11) is 0. The summed E-state index contributed by atoms with van der Waals surface area (Å²) in [5.74, 6) is 0. The van der Waals surface area contributed by atoms with E-state index in [4.69, 9.17) is 11.6 Å². The molecule has 1 heteroatoms. The normalized spacial score (nSPS) is 9.21. The van der Waals surface area contributed by atoms with E-state index in [9.17, 15) is 0 Å². The molecule has 0 bridgehead atoms. The van der Waals surface area contributed by atoms with Gasteiger partial charge in [-0.05, 0) is 43.0 Å². The van der Waals surface area contributed by atoms with E-state index >= 15 is 0 Å². The number of aryl methyl sites for hydroxylation is 2. The van der Waals surface area contributed by atoms with E-state index in [-0.39, 0.29) is 0 Å². The molecule has 0 fully saturated rings. The lowest BCUT2D eigenvalue weighted by Gasteiger charge is -2.02. The molecule has 0 aliphatic heterocycles. The molecule has 0 unspecified atom stereocenters. The highest BCUT2D eigenvalue weighted by molar-refractivity contribution is 6.30. The fourth-order valence-corrected chi connectivity index (χ4v) is 1.65. The van der Waals surface area contributed by atoms with Crippen molar-refractivity contribution in [1.82, 2.24) is 0 Å². The lowest BCUT2D eigenvalue weighted by molar-refractivity contribution is 0.794. The zero-order valence-electron chi connectivity index (χ0n) is 9.73. The van der Waals surface area contributed by atoms with E-state index in [1.165, 1.54) is 24.0 Å². The second kappa shape index (κ2) is 7.87. The van der Waals surface area contributed by atoms with Crippen LogP contribution >= 0.6 is 11.6 Å². The van der Waals surface area contributed by atoms with Crippen molar-refractivity contribution in [3.8, 4) is 0 Å². The molecule has 0 N–H and O–H groups in total. The Hall–Kier alpha value is -0.490. The Morgan fingerprint density at radius 3 is 2.29 bits per heavy atom. The van der Waals surface area contributed by atoms with Crippen molar-refractivity contribution in [1.29, 1.82) is 0 Å². The van der Waals surface area contributed by atoms with Gasteiger partial charge in [0.1, 0.15) is 0 Å². The van der Waals surface area contributed by atoms with Crippen LogP contribution in [0.2, 0.25) is 5.02 Å². The van der Waals surface area contributed by atoms with Crippen molar-refractivity contribution >= 4 is 11.6 Å². The van der Waals surface area contributed by atoms with Gasteiger partial charge >= 0.3 is 0 Å². The summed E-state index contributed by atoms with van der Waals surface area (Å²) in [6, 6.07) is 6.27. The standard InChI is InChI=1S/C11H15Cl.C2H6/c1-3-4-5-10-6-9(2)7-11(12)8-10;1-2/h6-8H,3-5H2,1-2H3;1-2H3. The van der Waals surface area contributed by atoms with Gasteiger partial charge in [-0.25, -0.2) is 0 Å². The maximum atomic E-state index is 5.93. The summed E-state index contributed by atoms with van der Waals surface area (Å²) >= 11 is 5.93. The van der Waals surface area contributed by atoms with Gasteiger partial charge in [-0.15, -0.1) is 0 Å². The minimum atomic E-state index is 0.862. The van der Waals surface area contributed by atoms with E-state index in [0.29, 0.717) is 0 Å². The van der Waals surface area contributed by atoms with E-state index in [1.807, 2.05) is 19.9 Å². The topological polar surface area (TPSA) is 0 Å². The third-order valence-electron chi connectivity index (χ3n) is 1.92. The highest BCUT2D eigenvalue weighted by Crippen LogP contribution is 2.16. The van der Waals surface area contributed by atoms with Gasteiger partial charge in [0.2, 0.25) is 0 Å². The third-order valence-corrected chi connectivity index (χ3v) is 2.14. The molecule has 0 radical (unpaired) electrons. The summed E-state index contributed by atoms with van der Waals surface area (Å²) < 4.78 is 0. The molecule has 0 atom stereocenters. The van der Waals surface area contributed by atoms with Gasteiger partial charge in [0.05, 0.1) is 0 Å². The molecule has 14 heavy (non-hydrogen) atoms. The Labute approximate surface area is 93.3 Å². The Kier molecular flexibility index (Phi) is 7.60. The predicted octanol–water partition coefficient (Wildman–Crippen LogP) is 5.02. The molecular formula is C13H21Cl. The number of hydrogen-bond donors (Lipinski definition) is 0. The first-order valence-electron chi connectivity index (χ1n) is 5.48. The minimum Gasteiger partial charge on any atom is -0.0843 e. The van der Waals surface area contributed by atoms with E-state index in [1.54, 1.807) is 0 Å². The van der Waals surface area contributed by atoms with Crippen molar-refractivity contribution in [2.24, 2.45) is 0 Å². The Bertz CT molecular complexity index is 233. The van der Waals surface area contributed by atoms with Crippen LogP contribution in [0.15, 0.2) is 18.2 Å². The monoisotopic (exact) mass is 212 g/mol. The maximum absolute atomic E-state index is 5.93. The molecule has 0 aromatic heterocycles. The van der Waals surface area contributed by atoms with Crippen LogP contribution in [0, 0.1) is 6.92 Å². The first-order chi connectivity index (χ1) is 6.72. The summed E-state index contributed by atoms with van der Waals surface area (Å²) in [5, 5.41) is 0.862. The first-order valence-corrected chi connectivity index (χ1v) is 5.86. The second-order valence-corrected chi connectivity index (χ2v) is 3.68. The molecule has 0 saturated heterocycles. The molecule has 0 aliphatic rings. The molecule has 0 aliphatic carbocycles. The minimum absolute atomic E-state index is 0.862. The van der Waals surface area contributed by atoms with Gasteiger partial charge in [0.25, 0.3) is 0 Å². The van der Waals surface area contributed by atoms with Gasteiger partial charge < -0.3 is 0 Å². The lowest BCUT2D eigenvalue weighted by Crippen LogP contribution is -1.85. The zero-order chi connectivity index (χ0) is 11.0. The fraction of sp³-hybridized carbons (Fsp3) is 0.538. The summed E-state index contributed by atoms with van der Waals surface area (Å²) in [6.45, 7) is 8.29. The highest BCUT2D eigenvalue weighted by Gasteiger charge is 1.95. The zero-order valence-corrected chi connectivity index (χ0v) is 10.5. The molecule has 0 spiro atoms. The van der Waals surface area contributed by atoms with E-state index < -0.39 is 0 Å². The number of halogens is 1. The van der Waals surface area contributed by atoms with Crippen molar-refractivity contribution in [2.45, 2.75) is 47.0 Å². The molecule has 1 aromatic carbocycles. The molecule has 0 saturated carbocycles. The van der Waals surface area contributed by atoms with Gasteiger partial charge in [-0.3, -0.25) is 0 Å². The molecular weight excluding hydrogens is 192 g/mol. The number of hydrogen-bond acceptors (Lipinski definition) is 0. The smallest absolute Gasteiger partial charge is 0.0411 e. The highest BCUT2D eigenvalue weighted by atomic mass is 35.5. The Morgan fingerprint density at radius 1 is 1.14 bits per heavy atom. The average Bonchev–Trinajstić information content (AvgIpc) is 2.16. The van der Waals surface area contributed by atoms with Crippen LogP contribution in [0.1, 0.15) is 44.7 Å². The summed E-state index contributed by atoms with van der Waals surface area (Å²) in [5.41, 5.74) is 2.62. The van der Waals surface area contributed by atoms with Crippen LogP contribution in [0.4, 0.5) is 0 Å². The van der Waals surface area contributed by atoms with E-state index in [2.05, 4.69) is 26.0 Å². The van der Waals surface area contributed by atoms with Gasteiger partial charge in [-0.1, -0.05) is 44.9 Å². The largest absolute Gasteiger partial charge is 0.0843 e. The number of benzene rings is 1. The maximum Gasteiger partial charge on any atom is 0.0411 e. The Morgan fingerprint density at radius 2 is 1.79 bits per heavy atom. The van der Waals surface area contributed by atoms with Gasteiger partial charge in [0, 0.05) is 5.02 Å². The van der Waals surface area contributed by atoms with Crippen molar-refractivity contribution in [3.63, 3.8) is 0 Å². The van der Waals surface area contributed by atoms with Gasteiger partial charge in [-0.2, -0.15) is 0 Å².